The Bertz CT molecular complexity index is 598. The van der Waals surface area contributed by atoms with E-state index in [1.54, 1.807) is 30.7 Å². The fourth-order valence-corrected chi connectivity index (χ4v) is 1.99. The molecule has 2 aromatic rings. The third-order valence-electron chi connectivity index (χ3n) is 3.03. The largest absolute Gasteiger partial charge is 0.367 e. The average Bonchev–Trinajstić information content (AvgIpc) is 2.48. The van der Waals surface area contributed by atoms with Gasteiger partial charge in [0, 0.05) is 24.6 Å². The van der Waals surface area contributed by atoms with Gasteiger partial charge in [0.15, 0.2) is 0 Å². The van der Waals surface area contributed by atoms with Crippen LogP contribution in [0.5, 0.6) is 0 Å². The Kier molecular flexibility index (Phi) is 4.87. The van der Waals surface area contributed by atoms with E-state index in [0.717, 1.165) is 5.56 Å². The highest BCUT2D eigenvalue weighted by Crippen LogP contribution is 2.16. The lowest BCUT2D eigenvalue weighted by atomic mass is 10.1. The number of rotatable bonds is 5. The first-order chi connectivity index (χ1) is 10.1. The predicted molar refractivity (Wildman–Crippen MR) is 83.1 cm³/mol. The molecule has 0 saturated carbocycles. The van der Waals surface area contributed by atoms with Crippen LogP contribution in [0.25, 0.3) is 0 Å². The first-order valence-corrected chi connectivity index (χ1v) is 7.00. The number of anilines is 1. The van der Waals surface area contributed by atoms with Gasteiger partial charge >= 0.3 is 0 Å². The molecule has 0 aliphatic heterocycles. The lowest BCUT2D eigenvalue weighted by Gasteiger charge is -2.17. The molecule has 1 atom stereocenters. The highest BCUT2D eigenvalue weighted by molar-refractivity contribution is 5.98. The van der Waals surface area contributed by atoms with Crippen molar-refractivity contribution in [1.29, 1.82) is 0 Å². The van der Waals surface area contributed by atoms with E-state index < -0.39 is 0 Å². The van der Waals surface area contributed by atoms with Crippen LogP contribution in [-0.2, 0) is 0 Å². The topological polar surface area (TPSA) is 66.9 Å². The zero-order valence-corrected chi connectivity index (χ0v) is 12.5. The number of nitrogens with one attached hydrogen (secondary N) is 2. The monoisotopic (exact) mass is 284 g/mol. The Hall–Kier alpha value is -2.43. The molecule has 0 aromatic carbocycles. The van der Waals surface area contributed by atoms with E-state index in [-0.39, 0.29) is 18.0 Å². The minimum atomic E-state index is -0.143. The molecule has 110 valence electrons. The summed E-state index contributed by atoms with van der Waals surface area (Å²) in [6.07, 6.45) is 5.11. The molecule has 0 fully saturated rings. The number of nitrogens with zero attached hydrogens (tertiary/aromatic N) is 2. The van der Waals surface area contributed by atoms with Gasteiger partial charge in [-0.25, -0.2) is 4.98 Å². The fraction of sp³-hybridized carbons (Fsp3) is 0.312. The van der Waals surface area contributed by atoms with E-state index >= 15 is 0 Å². The molecule has 21 heavy (non-hydrogen) atoms. The summed E-state index contributed by atoms with van der Waals surface area (Å²) >= 11 is 0. The van der Waals surface area contributed by atoms with Crippen LogP contribution in [-0.4, -0.2) is 21.9 Å². The molecule has 0 aliphatic carbocycles. The summed E-state index contributed by atoms with van der Waals surface area (Å²) in [5, 5.41) is 6.16. The van der Waals surface area contributed by atoms with Crippen LogP contribution in [0.15, 0.2) is 42.9 Å². The maximum atomic E-state index is 12.4. The molecule has 1 amide bonds. The molecule has 0 saturated heterocycles. The number of pyridine rings is 2. The molecule has 2 heterocycles. The summed E-state index contributed by atoms with van der Waals surface area (Å²) in [7, 11) is 0. The minimum absolute atomic E-state index is 0.0902. The van der Waals surface area contributed by atoms with Crippen LogP contribution in [0.3, 0.4) is 0 Å². The van der Waals surface area contributed by atoms with Crippen molar-refractivity contribution >= 4 is 11.7 Å². The van der Waals surface area contributed by atoms with Crippen molar-refractivity contribution in [2.75, 3.05) is 5.32 Å². The van der Waals surface area contributed by atoms with Crippen LogP contribution in [0.1, 0.15) is 42.7 Å². The van der Waals surface area contributed by atoms with Crippen molar-refractivity contribution in [2.45, 2.75) is 32.9 Å². The molecule has 5 nitrogen and oxygen atoms in total. The molecule has 5 heteroatoms. The number of hydrogen-bond acceptors (Lipinski definition) is 4. The molecular formula is C16H20N4O. The number of hydrogen-bond donors (Lipinski definition) is 2. The quantitative estimate of drug-likeness (QED) is 0.886. The second kappa shape index (κ2) is 6.83. The first-order valence-electron chi connectivity index (χ1n) is 7.00. The Morgan fingerprint density at radius 1 is 1.10 bits per heavy atom. The number of aromatic nitrogens is 2. The van der Waals surface area contributed by atoms with Crippen LogP contribution in [0.2, 0.25) is 0 Å². The number of carbonyl (C=O) groups excluding carboxylic acids is 1. The van der Waals surface area contributed by atoms with E-state index in [2.05, 4.69) is 20.6 Å². The van der Waals surface area contributed by atoms with Gasteiger partial charge in [0.05, 0.1) is 11.6 Å². The Morgan fingerprint density at radius 3 is 2.48 bits per heavy atom. The van der Waals surface area contributed by atoms with Crippen LogP contribution in [0.4, 0.5) is 5.82 Å². The van der Waals surface area contributed by atoms with Gasteiger partial charge in [-0.1, -0.05) is 0 Å². The molecule has 2 rings (SSSR count). The van der Waals surface area contributed by atoms with Gasteiger partial charge in [-0.3, -0.25) is 9.78 Å². The number of carbonyl (C=O) groups is 1. The third kappa shape index (κ3) is 4.02. The summed E-state index contributed by atoms with van der Waals surface area (Å²) in [5.74, 6) is 0.461. The second-order valence-electron chi connectivity index (χ2n) is 5.17. The van der Waals surface area contributed by atoms with Crippen molar-refractivity contribution in [1.82, 2.24) is 15.3 Å². The third-order valence-corrected chi connectivity index (χ3v) is 3.03. The van der Waals surface area contributed by atoms with Gasteiger partial charge in [0.2, 0.25) is 0 Å². The van der Waals surface area contributed by atoms with E-state index in [1.807, 2.05) is 32.9 Å². The Labute approximate surface area is 124 Å². The maximum Gasteiger partial charge on any atom is 0.255 e. The molecule has 0 radical (unpaired) electrons. The highest BCUT2D eigenvalue weighted by Gasteiger charge is 2.15. The zero-order chi connectivity index (χ0) is 15.2. The van der Waals surface area contributed by atoms with Crippen LogP contribution < -0.4 is 10.6 Å². The Balaban J connectivity index is 2.14. The van der Waals surface area contributed by atoms with Crippen molar-refractivity contribution in [2.24, 2.45) is 0 Å². The van der Waals surface area contributed by atoms with Crippen LogP contribution in [0, 0.1) is 0 Å². The standard InChI is InChI=1S/C16H20N4O/c1-11(2)19-15-14(5-4-8-18-15)16(21)20-12(3)13-6-9-17-10-7-13/h4-12H,1-3H3,(H,18,19)(H,20,21)/t12-/m0/s1. The fourth-order valence-electron chi connectivity index (χ4n) is 1.99. The second-order valence-corrected chi connectivity index (χ2v) is 5.17. The van der Waals surface area contributed by atoms with Gasteiger partial charge in [-0.05, 0) is 50.6 Å². The molecule has 0 bridgehead atoms. The maximum absolute atomic E-state index is 12.4. The summed E-state index contributed by atoms with van der Waals surface area (Å²) in [5.41, 5.74) is 1.56. The average molecular weight is 284 g/mol. The Morgan fingerprint density at radius 2 is 1.81 bits per heavy atom. The summed E-state index contributed by atoms with van der Waals surface area (Å²) in [6, 6.07) is 7.43. The van der Waals surface area contributed by atoms with Crippen molar-refractivity contribution in [3.63, 3.8) is 0 Å². The number of amides is 1. The van der Waals surface area contributed by atoms with Crippen molar-refractivity contribution in [3.05, 3.63) is 54.0 Å². The lowest BCUT2D eigenvalue weighted by Crippen LogP contribution is -2.28. The minimum Gasteiger partial charge on any atom is -0.367 e. The van der Waals surface area contributed by atoms with Gasteiger partial charge < -0.3 is 10.6 Å². The van der Waals surface area contributed by atoms with E-state index in [1.165, 1.54) is 0 Å². The van der Waals surface area contributed by atoms with E-state index in [4.69, 9.17) is 0 Å². The summed E-state index contributed by atoms with van der Waals surface area (Å²) < 4.78 is 0. The molecule has 0 spiro atoms. The normalized spacial score (nSPS) is 12.0. The van der Waals surface area contributed by atoms with Crippen molar-refractivity contribution in [3.8, 4) is 0 Å². The van der Waals surface area contributed by atoms with Crippen molar-refractivity contribution < 1.29 is 4.79 Å². The lowest BCUT2D eigenvalue weighted by molar-refractivity contribution is 0.0940. The van der Waals surface area contributed by atoms with Gasteiger partial charge in [0.25, 0.3) is 5.91 Å². The molecule has 2 aromatic heterocycles. The first kappa shape index (κ1) is 15.0. The highest BCUT2D eigenvalue weighted by atomic mass is 16.1. The van der Waals surface area contributed by atoms with Crippen LogP contribution >= 0.6 is 0 Å². The molecule has 2 N–H and O–H groups in total. The summed E-state index contributed by atoms with van der Waals surface area (Å²) in [4.78, 5) is 20.6. The molecular weight excluding hydrogens is 264 g/mol. The molecule has 0 unspecified atom stereocenters. The van der Waals surface area contributed by atoms with E-state index in [9.17, 15) is 4.79 Å². The van der Waals surface area contributed by atoms with E-state index in [0.29, 0.717) is 11.4 Å². The smallest absolute Gasteiger partial charge is 0.255 e. The predicted octanol–water partition coefficient (Wildman–Crippen LogP) is 2.79. The SMILES string of the molecule is CC(C)Nc1ncccc1C(=O)N[C@@H](C)c1ccncc1. The van der Waals surface area contributed by atoms with Gasteiger partial charge in [0.1, 0.15) is 5.82 Å². The summed E-state index contributed by atoms with van der Waals surface area (Å²) in [6.45, 7) is 5.96. The molecule has 0 aliphatic rings. The zero-order valence-electron chi connectivity index (χ0n) is 12.5. The van der Waals surface area contributed by atoms with Gasteiger partial charge in [-0.2, -0.15) is 0 Å². The van der Waals surface area contributed by atoms with Gasteiger partial charge in [-0.15, -0.1) is 0 Å².